The first-order valence-corrected chi connectivity index (χ1v) is 28.4. The summed E-state index contributed by atoms with van der Waals surface area (Å²) in [6.45, 7) is 13.2. The Hall–Kier alpha value is -6.81. The van der Waals surface area contributed by atoms with Crippen LogP contribution in [0.2, 0.25) is 0 Å². The van der Waals surface area contributed by atoms with Crippen LogP contribution >= 0.6 is 0 Å². The molecule has 0 bridgehead atoms. The highest BCUT2D eigenvalue weighted by atomic mass is 32.2. The Balaban J connectivity index is 0.773. The number of nitrogens with zero attached hydrogens (tertiary/aromatic N) is 7. The highest BCUT2D eigenvalue weighted by Crippen LogP contribution is 2.48. The van der Waals surface area contributed by atoms with Crippen LogP contribution in [0.1, 0.15) is 101 Å². The molecule has 3 amide bonds. The van der Waals surface area contributed by atoms with Crippen LogP contribution in [0.25, 0.3) is 10.9 Å². The van der Waals surface area contributed by atoms with Gasteiger partial charge in [-0.15, -0.1) is 0 Å². The molecule has 1 aromatic heterocycles. The number of hydrogen-bond acceptors (Lipinski definition) is 10. The van der Waals surface area contributed by atoms with Gasteiger partial charge in [0.1, 0.15) is 18.3 Å². The first-order valence-electron chi connectivity index (χ1n) is 26.8. The Bertz CT molecular complexity index is 3120. The number of nitrogens with one attached hydrogen (secondary N) is 1. The summed E-state index contributed by atoms with van der Waals surface area (Å²) in [6, 6.07) is 24.2. The number of carbonyl (C=O) groups excluding carboxylic acids is 3. The van der Waals surface area contributed by atoms with Crippen molar-refractivity contribution in [3.8, 4) is 11.8 Å². The molecule has 4 aliphatic rings. The molecule has 77 heavy (non-hydrogen) atoms. The van der Waals surface area contributed by atoms with Crippen molar-refractivity contribution in [2.45, 2.75) is 102 Å². The molecule has 0 unspecified atom stereocenters. The summed E-state index contributed by atoms with van der Waals surface area (Å²) in [5.41, 5.74) is 7.52. The smallest absolute Gasteiger partial charge is 0.268 e. The number of pyridine rings is 1. The van der Waals surface area contributed by atoms with Crippen LogP contribution in [-0.4, -0.2) is 144 Å². The Kier molecular flexibility index (Phi) is 17.8. The lowest BCUT2D eigenvalue weighted by molar-refractivity contribution is -0.438. The van der Waals surface area contributed by atoms with E-state index in [-0.39, 0.29) is 28.1 Å². The third-order valence-electron chi connectivity index (χ3n) is 15.3. The molecule has 1 atom stereocenters. The van der Waals surface area contributed by atoms with E-state index in [1.54, 1.807) is 24.3 Å². The van der Waals surface area contributed by atoms with Gasteiger partial charge in [-0.25, -0.2) is 8.78 Å². The van der Waals surface area contributed by atoms with Crippen LogP contribution in [-0.2, 0) is 30.5 Å². The summed E-state index contributed by atoms with van der Waals surface area (Å²) in [5, 5.41) is 12.3. The Morgan fingerprint density at radius 3 is 2.39 bits per heavy atom. The van der Waals surface area contributed by atoms with Crippen molar-refractivity contribution in [3.05, 3.63) is 132 Å². The van der Waals surface area contributed by atoms with Crippen molar-refractivity contribution in [2.24, 2.45) is 0 Å². The normalized spacial score (nSPS) is 19.4. The summed E-state index contributed by atoms with van der Waals surface area (Å²) < 4.78 is 68.3. The van der Waals surface area contributed by atoms with Crippen molar-refractivity contribution >= 4 is 55.8 Å². The van der Waals surface area contributed by atoms with Gasteiger partial charge in [-0.3, -0.25) is 28.8 Å². The summed E-state index contributed by atoms with van der Waals surface area (Å²) in [6.07, 6.45) is 16.3. The zero-order valence-electron chi connectivity index (χ0n) is 44.6. The van der Waals surface area contributed by atoms with E-state index in [4.69, 9.17) is 4.74 Å². The monoisotopic (exact) mass is 1070 g/mol. The quantitative estimate of drug-likeness (QED) is 0.0333. The van der Waals surface area contributed by atoms with Gasteiger partial charge in [-0.05, 0) is 87.9 Å². The van der Waals surface area contributed by atoms with E-state index in [1.807, 2.05) is 17.0 Å². The molecule has 15 nitrogen and oxygen atoms in total. The third-order valence-corrected chi connectivity index (χ3v) is 16.1. The lowest BCUT2D eigenvalue weighted by Gasteiger charge is -2.34. The van der Waals surface area contributed by atoms with Gasteiger partial charge in [-0.1, -0.05) is 68.5 Å². The fourth-order valence-electron chi connectivity index (χ4n) is 11.2. The minimum Gasteiger partial charge on any atom is -0.494 e. The predicted octanol–water partition coefficient (Wildman–Crippen LogP) is 8.74. The molecule has 4 aromatic rings. The lowest BCUT2D eigenvalue weighted by Crippen LogP contribution is -2.48. The van der Waals surface area contributed by atoms with Gasteiger partial charge in [0.2, 0.25) is 17.5 Å². The second kappa shape index (κ2) is 24.2. The van der Waals surface area contributed by atoms with E-state index in [1.165, 1.54) is 34.8 Å². The number of unbranched alkanes of at least 4 members (excludes halogenated alkanes) is 3. The Labute approximate surface area is 451 Å². The lowest BCUT2D eigenvalue weighted by atomic mass is 9.81. The number of fused-ring (bicyclic) bond motifs is 3. The maximum Gasteiger partial charge on any atom is 0.268 e. The zero-order valence-corrected chi connectivity index (χ0v) is 45.4. The van der Waals surface area contributed by atoms with Crippen LogP contribution in [0.3, 0.4) is 0 Å². The molecule has 0 radical (unpaired) electrons. The zero-order chi connectivity index (χ0) is 55.0. The van der Waals surface area contributed by atoms with Gasteiger partial charge < -0.3 is 24.8 Å². The highest BCUT2D eigenvalue weighted by Gasteiger charge is 2.47. The van der Waals surface area contributed by atoms with Crippen LogP contribution in [0.5, 0.6) is 5.75 Å². The molecule has 0 saturated carbocycles. The van der Waals surface area contributed by atoms with E-state index in [9.17, 15) is 41.4 Å². The minimum atomic E-state index is -4.01. The Morgan fingerprint density at radius 2 is 1.62 bits per heavy atom. The number of benzene rings is 3. The van der Waals surface area contributed by atoms with Gasteiger partial charge >= 0.3 is 0 Å². The van der Waals surface area contributed by atoms with Gasteiger partial charge in [-0.2, -0.15) is 18.3 Å². The van der Waals surface area contributed by atoms with Crippen molar-refractivity contribution in [1.82, 2.24) is 25.0 Å². The van der Waals surface area contributed by atoms with Gasteiger partial charge in [0.05, 0.1) is 48.0 Å². The van der Waals surface area contributed by atoms with Crippen molar-refractivity contribution in [3.63, 3.8) is 0 Å². The molecule has 408 valence electrons. The maximum absolute atomic E-state index is 13.9. The number of carbonyl (C=O) groups is 3. The largest absolute Gasteiger partial charge is 0.494 e. The molecule has 5 heterocycles. The van der Waals surface area contributed by atoms with Crippen LogP contribution in [0, 0.1) is 11.3 Å². The number of allylic oxidation sites excluding steroid dienone is 6. The van der Waals surface area contributed by atoms with Crippen molar-refractivity contribution in [2.75, 3.05) is 76.2 Å². The van der Waals surface area contributed by atoms with Gasteiger partial charge in [0, 0.05) is 105 Å². The number of aromatic nitrogens is 1. The van der Waals surface area contributed by atoms with E-state index < -0.39 is 53.4 Å². The number of hydrogen-bond donors (Lipinski definition) is 2. The standard InChI is InChI=1S/C59H70F2N8O7S/c1-57(2)47-18-10-12-20-50(47)67(52(57)22-7-5-8-23-53-58(3,4)48-19-11-13-21-51(48)68(53)31-15-16-37-77(73,74)75)30-14-6-9-24-54(70)66-34-32-65(33-35-66)29-17-36-76-44-25-26-49-46(38-44)45(27-28-63-49)56(72)64-41-55(71)69-42-59(60,61)39-43(69)40-62/h5,7-8,10-13,18-23,25-28,38,43H,6,9,14-17,24,29-37,39,41-42H2,1-4H3,(H-,64,72,73,74,75)/p+1/t43-/m0/s1. The summed E-state index contributed by atoms with van der Waals surface area (Å²) in [4.78, 5) is 51.0. The average molecular weight is 1070 g/mol. The third kappa shape index (κ3) is 13.5. The molecule has 2 N–H and O–H groups in total. The number of para-hydroxylation sites is 2. The van der Waals surface area contributed by atoms with Gasteiger partial charge in [0.15, 0.2) is 5.71 Å². The summed E-state index contributed by atoms with van der Waals surface area (Å²) in [7, 11) is -4.01. The minimum absolute atomic E-state index is 0.192. The molecule has 0 aliphatic carbocycles. The summed E-state index contributed by atoms with van der Waals surface area (Å²) in [5.74, 6) is -4.00. The number of nitriles is 1. The number of halogens is 2. The number of piperazine rings is 1. The molecular weight excluding hydrogens is 1000 g/mol. The second-order valence-electron chi connectivity index (χ2n) is 21.4. The molecule has 8 rings (SSSR count). The first kappa shape index (κ1) is 56.4. The molecule has 2 saturated heterocycles. The predicted molar refractivity (Wildman–Crippen MR) is 294 cm³/mol. The number of anilines is 1. The first-order chi connectivity index (χ1) is 36.8. The van der Waals surface area contributed by atoms with Gasteiger partial charge in [0.25, 0.3) is 21.9 Å². The number of ether oxygens (including phenoxy) is 1. The topological polar surface area (TPSA) is 179 Å². The highest BCUT2D eigenvalue weighted by molar-refractivity contribution is 7.85. The number of likely N-dealkylation sites (tertiary alicyclic amines) is 1. The second-order valence-corrected chi connectivity index (χ2v) is 23.0. The fourth-order valence-corrected chi connectivity index (χ4v) is 11.8. The maximum atomic E-state index is 13.9. The van der Waals surface area contributed by atoms with E-state index in [0.29, 0.717) is 62.2 Å². The Morgan fingerprint density at radius 1 is 0.870 bits per heavy atom. The van der Waals surface area contributed by atoms with Crippen molar-refractivity contribution in [1.29, 1.82) is 5.26 Å². The van der Waals surface area contributed by atoms with Crippen molar-refractivity contribution < 1.29 is 45.4 Å². The summed E-state index contributed by atoms with van der Waals surface area (Å²) >= 11 is 0. The van der Waals surface area contributed by atoms with Crippen LogP contribution < -0.4 is 15.0 Å². The number of amides is 3. The van der Waals surface area contributed by atoms with E-state index in [0.717, 1.165) is 68.1 Å². The SMILES string of the molecule is CC1(C)C(/C=C/C=C/C=C2\N(CCCCS(=O)(=O)O)c3ccccc3C2(C)C)=[N+](CCCCCC(=O)N2CCN(CCCOc3ccc4nccc(C(=O)NCC(=O)N5CC(F)(F)C[C@H]5C#N)c4c3)CC2)c2ccccc21. The van der Waals surface area contributed by atoms with E-state index >= 15 is 0 Å². The number of rotatable bonds is 22. The molecule has 18 heteroatoms. The molecule has 3 aromatic carbocycles. The molecule has 0 spiro atoms. The molecular formula is C59H71F2N8O7S+. The average Bonchev–Trinajstić information content (AvgIpc) is 4.12. The van der Waals surface area contributed by atoms with Crippen LogP contribution in [0.15, 0.2) is 115 Å². The van der Waals surface area contributed by atoms with Crippen LogP contribution in [0.4, 0.5) is 20.2 Å². The van der Waals surface area contributed by atoms with E-state index in [2.05, 4.69) is 119 Å². The molecule has 4 aliphatic heterocycles. The fraction of sp³-hybridized carbons (Fsp3) is 0.458. The number of alkyl halides is 2. The molecule has 2 fully saturated rings.